The molecule has 0 aliphatic carbocycles. The number of aromatic nitrogens is 2. The van der Waals surface area contributed by atoms with Crippen LogP contribution in [0.25, 0.3) is 11.0 Å². The number of fused-ring (bicyclic) bond motifs is 1. The lowest BCUT2D eigenvalue weighted by Gasteiger charge is -2.14. The van der Waals surface area contributed by atoms with E-state index in [9.17, 15) is 0 Å². The molecule has 0 unspecified atom stereocenters. The molecule has 4 nitrogen and oxygen atoms in total. The molecule has 4 heteroatoms. The van der Waals surface area contributed by atoms with Crippen molar-refractivity contribution in [1.29, 1.82) is 0 Å². The van der Waals surface area contributed by atoms with Crippen LogP contribution in [0, 0.1) is 6.92 Å². The lowest BCUT2D eigenvalue weighted by Crippen LogP contribution is -2.09. The van der Waals surface area contributed by atoms with E-state index in [2.05, 4.69) is 48.4 Å². The Labute approximate surface area is 177 Å². The smallest absolute Gasteiger partial charge is 0.161 e. The number of imidazole rings is 1. The minimum absolute atomic E-state index is 0.359. The SMILES string of the molecule is C=CCc1ccc(OCc2nc3ccccc3n2Cc2cccc(C)c2)c(OC)c1. The second kappa shape index (κ2) is 8.87. The first-order chi connectivity index (χ1) is 14.7. The van der Waals surface area contributed by atoms with Gasteiger partial charge in [0.15, 0.2) is 11.5 Å². The second-order valence-electron chi connectivity index (χ2n) is 7.36. The summed E-state index contributed by atoms with van der Waals surface area (Å²) in [7, 11) is 1.66. The summed E-state index contributed by atoms with van der Waals surface area (Å²) < 4.78 is 13.9. The molecule has 0 aliphatic rings. The monoisotopic (exact) mass is 398 g/mol. The first kappa shape index (κ1) is 19.8. The molecule has 0 saturated carbocycles. The van der Waals surface area contributed by atoms with Gasteiger partial charge in [-0.2, -0.15) is 0 Å². The van der Waals surface area contributed by atoms with E-state index >= 15 is 0 Å². The van der Waals surface area contributed by atoms with Crippen LogP contribution < -0.4 is 9.47 Å². The van der Waals surface area contributed by atoms with Gasteiger partial charge in [-0.05, 0) is 48.7 Å². The molecule has 0 fully saturated rings. The standard InChI is InChI=1S/C26H26N2O2/c1-4-8-20-13-14-24(25(16-20)29-3)30-18-26-27-22-11-5-6-12-23(22)28(26)17-21-10-7-9-19(2)15-21/h4-7,9-16H,1,8,17-18H2,2-3H3. The average molecular weight is 399 g/mol. The van der Waals surface area contributed by atoms with Crippen molar-refractivity contribution in [3.63, 3.8) is 0 Å². The number of hydrogen-bond acceptors (Lipinski definition) is 3. The predicted molar refractivity (Wildman–Crippen MR) is 121 cm³/mol. The summed E-state index contributed by atoms with van der Waals surface area (Å²) in [6.07, 6.45) is 2.67. The Bertz CT molecular complexity index is 1180. The first-order valence-corrected chi connectivity index (χ1v) is 10.1. The third-order valence-corrected chi connectivity index (χ3v) is 5.12. The second-order valence-corrected chi connectivity index (χ2v) is 7.36. The summed E-state index contributed by atoms with van der Waals surface area (Å²) in [5, 5.41) is 0. The van der Waals surface area contributed by atoms with Crippen LogP contribution in [-0.4, -0.2) is 16.7 Å². The van der Waals surface area contributed by atoms with Gasteiger partial charge < -0.3 is 14.0 Å². The van der Waals surface area contributed by atoms with Crippen molar-refractivity contribution in [2.75, 3.05) is 7.11 Å². The highest BCUT2D eigenvalue weighted by Crippen LogP contribution is 2.29. The molecule has 1 aromatic heterocycles. The fraction of sp³-hybridized carbons (Fsp3) is 0.192. The molecule has 0 aliphatic heterocycles. The van der Waals surface area contributed by atoms with Gasteiger partial charge in [0.1, 0.15) is 12.4 Å². The molecule has 0 spiro atoms. The fourth-order valence-electron chi connectivity index (χ4n) is 3.67. The van der Waals surface area contributed by atoms with Crippen LogP contribution in [0.15, 0.2) is 79.4 Å². The van der Waals surface area contributed by atoms with Gasteiger partial charge in [-0.3, -0.25) is 0 Å². The van der Waals surface area contributed by atoms with Crippen LogP contribution in [0.3, 0.4) is 0 Å². The minimum Gasteiger partial charge on any atom is -0.493 e. The van der Waals surface area contributed by atoms with Crippen LogP contribution in [0.2, 0.25) is 0 Å². The maximum absolute atomic E-state index is 6.14. The molecular formula is C26H26N2O2. The van der Waals surface area contributed by atoms with E-state index in [1.54, 1.807) is 7.11 Å². The van der Waals surface area contributed by atoms with E-state index in [1.807, 2.05) is 42.5 Å². The average Bonchev–Trinajstić information content (AvgIpc) is 3.10. The highest BCUT2D eigenvalue weighted by molar-refractivity contribution is 5.76. The van der Waals surface area contributed by atoms with Crippen LogP contribution >= 0.6 is 0 Å². The quantitative estimate of drug-likeness (QED) is 0.357. The van der Waals surface area contributed by atoms with Crippen molar-refractivity contribution in [2.24, 2.45) is 0 Å². The Morgan fingerprint density at radius 3 is 2.63 bits per heavy atom. The Balaban J connectivity index is 1.63. The summed E-state index contributed by atoms with van der Waals surface area (Å²) in [4.78, 5) is 4.83. The van der Waals surface area contributed by atoms with Gasteiger partial charge in [-0.1, -0.05) is 54.1 Å². The third-order valence-electron chi connectivity index (χ3n) is 5.12. The zero-order valence-corrected chi connectivity index (χ0v) is 17.5. The van der Waals surface area contributed by atoms with Crippen molar-refractivity contribution in [1.82, 2.24) is 9.55 Å². The molecule has 152 valence electrons. The van der Waals surface area contributed by atoms with E-state index < -0.39 is 0 Å². The molecule has 0 radical (unpaired) electrons. The number of methoxy groups -OCH3 is 1. The Hall–Kier alpha value is -3.53. The van der Waals surface area contributed by atoms with Gasteiger partial charge in [0.05, 0.1) is 18.1 Å². The number of aryl methyl sites for hydroxylation is 1. The summed E-state index contributed by atoms with van der Waals surface area (Å²) >= 11 is 0. The van der Waals surface area contributed by atoms with Crippen molar-refractivity contribution in [3.8, 4) is 11.5 Å². The van der Waals surface area contributed by atoms with Crippen molar-refractivity contribution < 1.29 is 9.47 Å². The van der Waals surface area contributed by atoms with Crippen LogP contribution in [-0.2, 0) is 19.6 Å². The molecule has 4 rings (SSSR count). The molecule has 0 N–H and O–H groups in total. The highest BCUT2D eigenvalue weighted by atomic mass is 16.5. The Morgan fingerprint density at radius 1 is 0.967 bits per heavy atom. The summed E-state index contributed by atoms with van der Waals surface area (Å²) in [5.74, 6) is 2.31. The normalized spacial score (nSPS) is 10.9. The minimum atomic E-state index is 0.359. The summed E-state index contributed by atoms with van der Waals surface area (Å²) in [6.45, 7) is 7.02. The predicted octanol–water partition coefficient (Wildman–Crippen LogP) is 5.71. The third kappa shape index (κ3) is 4.23. The van der Waals surface area contributed by atoms with Crippen LogP contribution in [0.1, 0.15) is 22.5 Å². The number of ether oxygens (including phenoxy) is 2. The number of para-hydroxylation sites is 2. The fourth-order valence-corrected chi connectivity index (χ4v) is 3.67. The zero-order valence-electron chi connectivity index (χ0n) is 17.5. The van der Waals surface area contributed by atoms with Crippen LogP contribution in [0.5, 0.6) is 11.5 Å². The molecular weight excluding hydrogens is 372 g/mol. The maximum atomic E-state index is 6.14. The highest BCUT2D eigenvalue weighted by Gasteiger charge is 2.13. The topological polar surface area (TPSA) is 36.3 Å². The van der Waals surface area contributed by atoms with E-state index in [0.717, 1.165) is 41.1 Å². The molecule has 1 heterocycles. The largest absolute Gasteiger partial charge is 0.493 e. The van der Waals surface area contributed by atoms with E-state index in [1.165, 1.54) is 11.1 Å². The number of hydrogen-bond donors (Lipinski definition) is 0. The van der Waals surface area contributed by atoms with Crippen molar-refractivity contribution >= 4 is 11.0 Å². The molecule has 30 heavy (non-hydrogen) atoms. The van der Waals surface area contributed by atoms with Gasteiger partial charge in [-0.25, -0.2) is 4.98 Å². The molecule has 0 amide bonds. The van der Waals surface area contributed by atoms with E-state index in [-0.39, 0.29) is 0 Å². The van der Waals surface area contributed by atoms with Gasteiger partial charge in [-0.15, -0.1) is 6.58 Å². The van der Waals surface area contributed by atoms with Crippen molar-refractivity contribution in [2.45, 2.75) is 26.5 Å². The van der Waals surface area contributed by atoms with E-state index in [0.29, 0.717) is 12.4 Å². The maximum Gasteiger partial charge on any atom is 0.161 e. The number of rotatable bonds is 8. The zero-order chi connectivity index (χ0) is 20.9. The summed E-state index contributed by atoms with van der Waals surface area (Å²) in [6, 6.07) is 22.7. The van der Waals surface area contributed by atoms with E-state index in [4.69, 9.17) is 14.5 Å². The molecule has 3 aromatic carbocycles. The molecule has 0 atom stereocenters. The lowest BCUT2D eigenvalue weighted by molar-refractivity contribution is 0.272. The van der Waals surface area contributed by atoms with Crippen LogP contribution in [0.4, 0.5) is 0 Å². The van der Waals surface area contributed by atoms with Gasteiger partial charge in [0, 0.05) is 6.54 Å². The Morgan fingerprint density at radius 2 is 1.83 bits per heavy atom. The number of benzene rings is 3. The van der Waals surface area contributed by atoms with Crippen molar-refractivity contribution in [3.05, 3.63) is 102 Å². The molecule has 0 bridgehead atoms. The number of nitrogens with zero attached hydrogens (tertiary/aromatic N) is 2. The first-order valence-electron chi connectivity index (χ1n) is 10.1. The van der Waals surface area contributed by atoms with Gasteiger partial charge in [0.25, 0.3) is 0 Å². The molecule has 0 saturated heterocycles. The number of allylic oxidation sites excluding steroid dienone is 1. The lowest BCUT2D eigenvalue weighted by atomic mass is 10.1. The van der Waals surface area contributed by atoms with Gasteiger partial charge in [0.2, 0.25) is 0 Å². The summed E-state index contributed by atoms with van der Waals surface area (Å²) in [5.41, 5.74) is 5.70. The Kier molecular flexibility index (Phi) is 5.84. The molecule has 4 aromatic rings. The van der Waals surface area contributed by atoms with Gasteiger partial charge >= 0.3 is 0 Å².